The van der Waals surface area contributed by atoms with Crippen LogP contribution in [-0.4, -0.2) is 66.1 Å². The highest BCUT2D eigenvalue weighted by atomic mass is 35.5. The molecular weight excluding hydrogens is 452 g/mol. The van der Waals surface area contributed by atoms with Crippen LogP contribution in [0.15, 0.2) is 42.6 Å². The highest BCUT2D eigenvalue weighted by Crippen LogP contribution is 2.28. The van der Waals surface area contributed by atoms with Crippen LogP contribution in [0.4, 0.5) is 5.82 Å². The Hall–Kier alpha value is -2.88. The van der Waals surface area contributed by atoms with Crippen LogP contribution in [-0.2, 0) is 20.9 Å². The average molecular weight is 475 g/mol. The van der Waals surface area contributed by atoms with Gasteiger partial charge in [-0.1, -0.05) is 35.1 Å². The summed E-state index contributed by atoms with van der Waals surface area (Å²) in [6.45, 7) is 1.21. The lowest BCUT2D eigenvalue weighted by molar-refractivity contribution is -0.155. The Labute approximate surface area is 194 Å². The molecule has 1 saturated heterocycles. The van der Waals surface area contributed by atoms with E-state index < -0.39 is 6.04 Å². The minimum absolute atomic E-state index is 0.117. The van der Waals surface area contributed by atoms with E-state index in [9.17, 15) is 9.59 Å². The quantitative estimate of drug-likeness (QED) is 0.565. The molecule has 32 heavy (non-hydrogen) atoms. The number of anilines is 1. The summed E-state index contributed by atoms with van der Waals surface area (Å²) in [5.41, 5.74) is 6.90. The molecule has 0 spiro atoms. The van der Waals surface area contributed by atoms with E-state index in [1.165, 1.54) is 23.3 Å². The lowest BCUT2D eigenvalue weighted by atomic mass is 10.1. The number of halogens is 1. The van der Waals surface area contributed by atoms with Crippen molar-refractivity contribution < 1.29 is 19.1 Å². The van der Waals surface area contributed by atoms with Gasteiger partial charge in [-0.3, -0.25) is 9.59 Å². The fourth-order valence-corrected chi connectivity index (χ4v) is 4.65. The number of nitrogens with zero attached hydrogens (tertiary/aromatic N) is 3. The van der Waals surface area contributed by atoms with Crippen LogP contribution in [0.25, 0.3) is 10.8 Å². The van der Waals surface area contributed by atoms with E-state index in [2.05, 4.69) is 4.98 Å². The number of fused-ring (bicyclic) bond motifs is 1. The van der Waals surface area contributed by atoms with Crippen molar-refractivity contribution in [2.75, 3.05) is 39.1 Å². The van der Waals surface area contributed by atoms with E-state index >= 15 is 0 Å². The Morgan fingerprint density at radius 3 is 2.88 bits per heavy atom. The van der Waals surface area contributed by atoms with Crippen molar-refractivity contribution >= 4 is 51.3 Å². The highest BCUT2D eigenvalue weighted by molar-refractivity contribution is 7.17. The van der Waals surface area contributed by atoms with Gasteiger partial charge in [-0.25, -0.2) is 4.98 Å². The highest BCUT2D eigenvalue weighted by Gasteiger charge is 2.37. The monoisotopic (exact) mass is 474 g/mol. The maximum atomic E-state index is 13.2. The number of amides is 2. The fourth-order valence-electron chi connectivity index (χ4n) is 3.77. The molecule has 0 bridgehead atoms. The number of piperazine rings is 1. The number of thiophene rings is 1. The molecule has 1 aromatic carbocycles. The van der Waals surface area contributed by atoms with Crippen LogP contribution in [0.2, 0.25) is 4.34 Å². The third-order valence-corrected chi connectivity index (χ3v) is 6.49. The Morgan fingerprint density at radius 1 is 1.28 bits per heavy atom. The smallest absolute Gasteiger partial charge is 0.261 e. The van der Waals surface area contributed by atoms with Gasteiger partial charge in [-0.2, -0.15) is 0 Å². The number of hydrogen-bond acceptors (Lipinski definition) is 7. The molecule has 0 unspecified atom stereocenters. The molecule has 0 radical (unpaired) electrons. The lowest BCUT2D eigenvalue weighted by Crippen LogP contribution is -2.60. The number of rotatable bonds is 7. The third kappa shape index (κ3) is 4.79. The van der Waals surface area contributed by atoms with Crippen LogP contribution in [0.1, 0.15) is 5.56 Å². The molecule has 3 heterocycles. The second-order valence-electron chi connectivity index (χ2n) is 7.42. The first-order valence-electron chi connectivity index (χ1n) is 10.0. The number of nitrogen functional groups attached to an aromatic ring is 1. The van der Waals surface area contributed by atoms with E-state index in [0.29, 0.717) is 34.9 Å². The molecule has 4 rings (SSSR count). The second-order valence-corrected chi connectivity index (χ2v) is 9.09. The molecule has 2 N–H and O–H groups in total. The van der Waals surface area contributed by atoms with Gasteiger partial charge in [0.15, 0.2) is 11.7 Å². The van der Waals surface area contributed by atoms with Crippen molar-refractivity contribution in [3.63, 3.8) is 0 Å². The number of benzene rings is 1. The normalized spacial score (nSPS) is 16.6. The standard InChI is InChI=1S/C22H23ClN4O4S/c1-30-12-17-22(29)26(11-14-2-3-16-15(10-14)6-7-25-21(16)24)8-9-27(17)19(28)13-31-20-5-4-18(23)32-20/h2-7,10,17H,8-9,11-13H2,1H3,(H2,24,25)/t17-/m0/s1. The summed E-state index contributed by atoms with van der Waals surface area (Å²) in [7, 11) is 1.51. The molecule has 1 aliphatic rings. The van der Waals surface area contributed by atoms with Crippen molar-refractivity contribution in [1.82, 2.24) is 14.8 Å². The molecule has 1 fully saturated rings. The number of carbonyl (C=O) groups excluding carboxylic acids is 2. The molecule has 3 aromatic rings. The van der Waals surface area contributed by atoms with Crippen LogP contribution in [0.3, 0.4) is 0 Å². The Balaban J connectivity index is 1.44. The van der Waals surface area contributed by atoms with Crippen molar-refractivity contribution in [2.24, 2.45) is 0 Å². The first-order chi connectivity index (χ1) is 15.5. The summed E-state index contributed by atoms with van der Waals surface area (Å²) in [4.78, 5) is 33.4. The number of hydrogen-bond donors (Lipinski definition) is 1. The molecular formula is C22H23ClN4O4S. The van der Waals surface area contributed by atoms with Crippen LogP contribution >= 0.6 is 22.9 Å². The number of methoxy groups -OCH3 is 1. The van der Waals surface area contributed by atoms with Crippen molar-refractivity contribution in [2.45, 2.75) is 12.6 Å². The van der Waals surface area contributed by atoms with Gasteiger partial charge < -0.3 is 25.0 Å². The van der Waals surface area contributed by atoms with Gasteiger partial charge in [0.1, 0.15) is 11.9 Å². The van der Waals surface area contributed by atoms with Crippen molar-refractivity contribution in [3.05, 3.63) is 52.5 Å². The predicted octanol–water partition coefficient (Wildman–Crippen LogP) is 2.80. The molecule has 0 aliphatic carbocycles. The fraction of sp³-hybridized carbons (Fsp3) is 0.318. The molecule has 1 atom stereocenters. The summed E-state index contributed by atoms with van der Waals surface area (Å²) in [6, 6.07) is 10.5. The van der Waals surface area contributed by atoms with Gasteiger partial charge in [-0.15, -0.1) is 0 Å². The number of carbonyl (C=O) groups is 2. The number of ether oxygens (including phenoxy) is 2. The van der Waals surface area contributed by atoms with E-state index in [4.69, 9.17) is 26.8 Å². The largest absolute Gasteiger partial charge is 0.474 e. The van der Waals surface area contributed by atoms with Crippen LogP contribution < -0.4 is 10.5 Å². The minimum Gasteiger partial charge on any atom is -0.474 e. The first kappa shape index (κ1) is 22.3. The van der Waals surface area contributed by atoms with Crippen molar-refractivity contribution in [1.29, 1.82) is 0 Å². The number of pyridine rings is 1. The predicted molar refractivity (Wildman–Crippen MR) is 124 cm³/mol. The van der Waals surface area contributed by atoms with Gasteiger partial charge in [-0.05, 0) is 35.2 Å². The van der Waals surface area contributed by atoms with Gasteiger partial charge in [0.25, 0.3) is 5.91 Å². The summed E-state index contributed by atoms with van der Waals surface area (Å²) in [5.74, 6) is 0.0580. The van der Waals surface area contributed by atoms with Crippen LogP contribution in [0.5, 0.6) is 5.06 Å². The lowest BCUT2D eigenvalue weighted by Gasteiger charge is -2.40. The summed E-state index contributed by atoms with van der Waals surface area (Å²) < 4.78 is 11.4. The van der Waals surface area contributed by atoms with E-state index in [0.717, 1.165) is 16.3 Å². The zero-order valence-electron chi connectivity index (χ0n) is 17.5. The maximum Gasteiger partial charge on any atom is 0.261 e. The Kier molecular flexibility index (Phi) is 6.78. The molecule has 168 valence electrons. The van der Waals surface area contributed by atoms with E-state index in [1.807, 2.05) is 24.3 Å². The van der Waals surface area contributed by atoms with E-state index in [-0.39, 0.29) is 25.0 Å². The summed E-state index contributed by atoms with van der Waals surface area (Å²) in [5, 5.41) is 2.40. The molecule has 10 heteroatoms. The zero-order chi connectivity index (χ0) is 22.7. The number of nitrogens with two attached hydrogens (primary N) is 1. The molecule has 8 nitrogen and oxygen atoms in total. The summed E-state index contributed by atoms with van der Waals surface area (Å²) in [6.07, 6.45) is 1.66. The zero-order valence-corrected chi connectivity index (χ0v) is 19.1. The minimum atomic E-state index is -0.697. The third-order valence-electron chi connectivity index (χ3n) is 5.35. The van der Waals surface area contributed by atoms with Gasteiger partial charge in [0, 0.05) is 38.3 Å². The van der Waals surface area contributed by atoms with E-state index in [1.54, 1.807) is 23.2 Å². The van der Waals surface area contributed by atoms with Gasteiger partial charge >= 0.3 is 0 Å². The van der Waals surface area contributed by atoms with Crippen molar-refractivity contribution in [3.8, 4) is 5.06 Å². The second kappa shape index (κ2) is 9.72. The Bertz CT molecular complexity index is 1140. The summed E-state index contributed by atoms with van der Waals surface area (Å²) >= 11 is 7.15. The average Bonchev–Trinajstić information content (AvgIpc) is 3.20. The molecule has 2 amide bonds. The Morgan fingerprint density at radius 2 is 2.12 bits per heavy atom. The van der Waals surface area contributed by atoms with Gasteiger partial charge in [0.2, 0.25) is 5.91 Å². The molecule has 0 saturated carbocycles. The maximum absolute atomic E-state index is 13.2. The topological polar surface area (TPSA) is 98.0 Å². The van der Waals surface area contributed by atoms with Gasteiger partial charge in [0.05, 0.1) is 10.9 Å². The first-order valence-corrected chi connectivity index (χ1v) is 11.2. The number of aromatic nitrogens is 1. The molecule has 1 aliphatic heterocycles. The van der Waals surface area contributed by atoms with Crippen LogP contribution in [0, 0.1) is 0 Å². The molecule has 2 aromatic heterocycles. The SMILES string of the molecule is COC[C@H]1C(=O)N(Cc2ccc3c(N)nccc3c2)CCN1C(=O)COc1ccc(Cl)s1.